The molecule has 0 spiro atoms. The van der Waals surface area contributed by atoms with Crippen molar-refractivity contribution in [3.8, 4) is 0 Å². The molecule has 2 aromatic heterocycles. The van der Waals surface area contributed by atoms with Crippen LogP contribution in [-0.4, -0.2) is 15.1 Å². The zero-order valence-corrected chi connectivity index (χ0v) is 11.9. The van der Waals surface area contributed by atoms with Gasteiger partial charge in [0.1, 0.15) is 23.2 Å². The van der Waals surface area contributed by atoms with Crippen molar-refractivity contribution in [3.05, 3.63) is 28.4 Å². The van der Waals surface area contributed by atoms with Crippen molar-refractivity contribution in [1.29, 1.82) is 0 Å². The molecule has 19 heavy (non-hydrogen) atoms. The molecule has 6 heteroatoms. The Bertz CT molecular complexity index is 586. The Balaban J connectivity index is 2.32. The van der Waals surface area contributed by atoms with Crippen molar-refractivity contribution in [2.45, 2.75) is 40.7 Å². The molecule has 0 aliphatic heterocycles. The third-order valence-corrected chi connectivity index (χ3v) is 3.17. The maximum absolute atomic E-state index is 5.85. The van der Waals surface area contributed by atoms with E-state index in [0.717, 1.165) is 28.4 Å². The Morgan fingerprint density at radius 1 is 1.16 bits per heavy atom. The van der Waals surface area contributed by atoms with Gasteiger partial charge in [0.2, 0.25) is 0 Å². The predicted octanol–water partition coefficient (Wildman–Crippen LogP) is 2.45. The lowest BCUT2D eigenvalue weighted by molar-refractivity contribution is 0.392. The molecule has 3 N–H and O–H groups in total. The molecule has 6 nitrogen and oxygen atoms in total. The van der Waals surface area contributed by atoms with Crippen LogP contribution in [0, 0.1) is 27.7 Å². The van der Waals surface area contributed by atoms with Crippen molar-refractivity contribution in [1.82, 2.24) is 15.1 Å². The van der Waals surface area contributed by atoms with Gasteiger partial charge >= 0.3 is 0 Å². The second kappa shape index (κ2) is 4.87. The van der Waals surface area contributed by atoms with Crippen molar-refractivity contribution >= 4 is 11.6 Å². The van der Waals surface area contributed by atoms with Gasteiger partial charge in [-0.2, -0.15) is 0 Å². The zero-order chi connectivity index (χ0) is 14.2. The topological polar surface area (TPSA) is 89.9 Å². The number of hydrogen-bond donors (Lipinski definition) is 2. The minimum absolute atomic E-state index is 0.0404. The van der Waals surface area contributed by atoms with Gasteiger partial charge in [-0.1, -0.05) is 5.16 Å². The van der Waals surface area contributed by atoms with E-state index in [4.69, 9.17) is 10.3 Å². The number of hydrogen-bond acceptors (Lipinski definition) is 6. The molecule has 2 rings (SSSR count). The molecule has 0 radical (unpaired) electrons. The highest BCUT2D eigenvalue weighted by atomic mass is 16.5. The molecular weight excluding hydrogens is 242 g/mol. The maximum Gasteiger partial charge on any atom is 0.139 e. The number of rotatable bonds is 3. The molecule has 0 aliphatic carbocycles. The first-order chi connectivity index (χ1) is 8.90. The lowest BCUT2D eigenvalue weighted by atomic mass is 10.1. The standard InChI is InChI=1S/C13H19N5O/c1-6-12(14)16-10(5)17-13(6)15-7(2)11-8(3)18-19-9(11)4/h7H,1-5H3,(H3,14,15,16,17). The summed E-state index contributed by atoms with van der Waals surface area (Å²) in [6, 6.07) is 0.0404. The lowest BCUT2D eigenvalue weighted by Crippen LogP contribution is -2.13. The van der Waals surface area contributed by atoms with Crippen molar-refractivity contribution < 1.29 is 4.52 Å². The average Bonchev–Trinajstić information content (AvgIpc) is 2.65. The fourth-order valence-electron chi connectivity index (χ4n) is 2.18. The molecule has 1 atom stereocenters. The lowest BCUT2D eigenvalue weighted by Gasteiger charge is -2.17. The highest BCUT2D eigenvalue weighted by Gasteiger charge is 2.18. The van der Waals surface area contributed by atoms with E-state index >= 15 is 0 Å². The van der Waals surface area contributed by atoms with E-state index in [1.165, 1.54) is 0 Å². The molecule has 2 aromatic rings. The zero-order valence-electron chi connectivity index (χ0n) is 11.9. The molecule has 1 unspecified atom stereocenters. The van der Waals surface area contributed by atoms with Gasteiger partial charge in [-0.05, 0) is 34.6 Å². The molecular formula is C13H19N5O. The van der Waals surface area contributed by atoms with Crippen LogP contribution in [0.2, 0.25) is 0 Å². The second-order valence-corrected chi connectivity index (χ2v) is 4.73. The number of nitrogens with two attached hydrogens (primary N) is 1. The summed E-state index contributed by atoms with van der Waals surface area (Å²) in [5, 5.41) is 7.31. The predicted molar refractivity (Wildman–Crippen MR) is 73.9 cm³/mol. The summed E-state index contributed by atoms with van der Waals surface area (Å²) in [5.74, 6) is 2.71. The first-order valence-electron chi connectivity index (χ1n) is 6.20. The summed E-state index contributed by atoms with van der Waals surface area (Å²) in [5.41, 5.74) is 8.64. The van der Waals surface area contributed by atoms with E-state index in [1.807, 2.05) is 34.6 Å². The Hall–Kier alpha value is -2.11. The molecule has 102 valence electrons. The van der Waals surface area contributed by atoms with E-state index in [2.05, 4.69) is 20.4 Å². The molecule has 0 aliphatic rings. The monoisotopic (exact) mass is 261 g/mol. The van der Waals surface area contributed by atoms with Gasteiger partial charge in [0, 0.05) is 11.1 Å². The van der Waals surface area contributed by atoms with Crippen LogP contribution in [0.4, 0.5) is 11.6 Å². The van der Waals surface area contributed by atoms with Gasteiger partial charge in [-0.3, -0.25) is 0 Å². The first-order valence-corrected chi connectivity index (χ1v) is 6.20. The van der Waals surface area contributed by atoms with Crippen LogP contribution in [-0.2, 0) is 0 Å². The van der Waals surface area contributed by atoms with Gasteiger partial charge in [0.05, 0.1) is 11.7 Å². The van der Waals surface area contributed by atoms with E-state index in [-0.39, 0.29) is 6.04 Å². The first kappa shape index (κ1) is 13.3. The molecule has 0 saturated heterocycles. The fourth-order valence-corrected chi connectivity index (χ4v) is 2.18. The van der Waals surface area contributed by atoms with Gasteiger partial charge in [0.25, 0.3) is 0 Å². The minimum Gasteiger partial charge on any atom is -0.383 e. The summed E-state index contributed by atoms with van der Waals surface area (Å²) < 4.78 is 5.18. The van der Waals surface area contributed by atoms with E-state index in [0.29, 0.717) is 11.6 Å². The number of nitrogen functional groups attached to an aromatic ring is 1. The third kappa shape index (κ3) is 2.52. The third-order valence-electron chi connectivity index (χ3n) is 3.17. The summed E-state index contributed by atoms with van der Waals surface area (Å²) >= 11 is 0. The molecule has 0 saturated carbocycles. The van der Waals surface area contributed by atoms with Crippen LogP contribution in [0.3, 0.4) is 0 Å². The highest BCUT2D eigenvalue weighted by molar-refractivity contribution is 5.55. The van der Waals surface area contributed by atoms with Crippen LogP contribution >= 0.6 is 0 Å². The summed E-state index contributed by atoms with van der Waals surface area (Å²) in [7, 11) is 0. The number of anilines is 2. The summed E-state index contributed by atoms with van der Waals surface area (Å²) in [4.78, 5) is 8.52. The molecule has 0 aromatic carbocycles. The molecule has 0 amide bonds. The van der Waals surface area contributed by atoms with E-state index < -0.39 is 0 Å². The van der Waals surface area contributed by atoms with E-state index in [9.17, 15) is 0 Å². The number of aryl methyl sites for hydroxylation is 3. The number of nitrogens with one attached hydrogen (secondary N) is 1. The highest BCUT2D eigenvalue weighted by Crippen LogP contribution is 2.26. The Kier molecular flexibility index (Phi) is 3.42. The van der Waals surface area contributed by atoms with Gasteiger partial charge in [0.15, 0.2) is 0 Å². The van der Waals surface area contributed by atoms with Crippen LogP contribution in [0.5, 0.6) is 0 Å². The van der Waals surface area contributed by atoms with Crippen LogP contribution in [0.15, 0.2) is 4.52 Å². The minimum atomic E-state index is 0.0404. The quantitative estimate of drug-likeness (QED) is 0.882. The average molecular weight is 261 g/mol. The van der Waals surface area contributed by atoms with Crippen molar-refractivity contribution in [3.63, 3.8) is 0 Å². The fraction of sp³-hybridized carbons (Fsp3) is 0.462. The summed E-state index contributed by atoms with van der Waals surface area (Å²) in [6.07, 6.45) is 0. The van der Waals surface area contributed by atoms with Crippen molar-refractivity contribution in [2.24, 2.45) is 0 Å². The SMILES string of the molecule is Cc1nc(N)c(C)c(NC(C)c2c(C)noc2C)n1. The Labute approximate surface area is 112 Å². The van der Waals surface area contributed by atoms with Crippen LogP contribution < -0.4 is 11.1 Å². The molecule has 0 fully saturated rings. The number of aromatic nitrogens is 3. The Morgan fingerprint density at radius 3 is 2.42 bits per heavy atom. The largest absolute Gasteiger partial charge is 0.383 e. The van der Waals surface area contributed by atoms with Crippen molar-refractivity contribution in [2.75, 3.05) is 11.1 Å². The smallest absolute Gasteiger partial charge is 0.139 e. The van der Waals surface area contributed by atoms with E-state index in [1.54, 1.807) is 0 Å². The maximum atomic E-state index is 5.85. The van der Waals surface area contributed by atoms with Gasteiger partial charge < -0.3 is 15.6 Å². The number of nitrogens with zero attached hydrogens (tertiary/aromatic N) is 3. The van der Waals surface area contributed by atoms with Crippen LogP contribution in [0.1, 0.15) is 41.4 Å². The molecule has 2 heterocycles. The normalized spacial score (nSPS) is 12.5. The van der Waals surface area contributed by atoms with Gasteiger partial charge in [-0.15, -0.1) is 0 Å². The summed E-state index contributed by atoms with van der Waals surface area (Å²) in [6.45, 7) is 9.59. The Morgan fingerprint density at radius 2 is 1.84 bits per heavy atom. The van der Waals surface area contributed by atoms with Crippen LogP contribution in [0.25, 0.3) is 0 Å². The van der Waals surface area contributed by atoms with Gasteiger partial charge in [-0.25, -0.2) is 9.97 Å². The molecule has 0 bridgehead atoms. The second-order valence-electron chi connectivity index (χ2n) is 4.73.